The molecule has 0 aliphatic carbocycles. The van der Waals surface area contributed by atoms with Crippen molar-refractivity contribution >= 4 is 23.4 Å². The molecular formula is C22H33N3O3. The molecule has 1 aliphatic heterocycles. The molecule has 1 fully saturated rings. The highest BCUT2D eigenvalue weighted by Crippen LogP contribution is 2.24. The highest BCUT2D eigenvalue weighted by atomic mass is 16.2. The standard InChI is InChI=1S/C22H33N3O3/c1-15-8-7-9-18(16(15)2)23-19(26)14-24(6)20(27)17-10-12-25(13-11-17)21(28)22(3,4)5/h7-9,17H,10-14H2,1-6H3,(H,23,26). The molecule has 6 nitrogen and oxygen atoms in total. The van der Waals surface area contributed by atoms with Crippen molar-refractivity contribution in [3.63, 3.8) is 0 Å². The van der Waals surface area contributed by atoms with Crippen LogP contribution in [0.15, 0.2) is 18.2 Å². The Kier molecular flexibility index (Phi) is 6.86. The zero-order valence-electron chi connectivity index (χ0n) is 18.0. The molecule has 3 amide bonds. The van der Waals surface area contributed by atoms with Gasteiger partial charge in [-0.25, -0.2) is 0 Å². The van der Waals surface area contributed by atoms with Crippen LogP contribution >= 0.6 is 0 Å². The molecule has 1 aromatic carbocycles. The summed E-state index contributed by atoms with van der Waals surface area (Å²) in [6.45, 7) is 10.9. The Hall–Kier alpha value is -2.37. The molecule has 2 rings (SSSR count). The Balaban J connectivity index is 1.87. The number of likely N-dealkylation sites (tertiary alicyclic amines) is 1. The maximum atomic E-state index is 12.7. The number of nitrogens with zero attached hydrogens (tertiary/aromatic N) is 2. The number of hydrogen-bond donors (Lipinski definition) is 1. The zero-order valence-corrected chi connectivity index (χ0v) is 18.0. The van der Waals surface area contributed by atoms with Crippen molar-refractivity contribution < 1.29 is 14.4 Å². The van der Waals surface area contributed by atoms with Crippen molar-refractivity contribution in [3.8, 4) is 0 Å². The molecule has 1 saturated heterocycles. The van der Waals surface area contributed by atoms with Gasteiger partial charge >= 0.3 is 0 Å². The molecule has 1 N–H and O–H groups in total. The Morgan fingerprint density at radius 3 is 2.32 bits per heavy atom. The van der Waals surface area contributed by atoms with E-state index < -0.39 is 5.41 Å². The van der Waals surface area contributed by atoms with Gasteiger partial charge in [-0.1, -0.05) is 32.9 Å². The minimum Gasteiger partial charge on any atom is -0.342 e. The Morgan fingerprint density at radius 1 is 1.14 bits per heavy atom. The topological polar surface area (TPSA) is 69.7 Å². The fourth-order valence-corrected chi connectivity index (χ4v) is 3.49. The largest absolute Gasteiger partial charge is 0.342 e. The van der Waals surface area contributed by atoms with E-state index in [4.69, 9.17) is 0 Å². The quantitative estimate of drug-likeness (QED) is 0.863. The van der Waals surface area contributed by atoms with Crippen LogP contribution in [0.4, 0.5) is 5.69 Å². The van der Waals surface area contributed by atoms with Gasteiger partial charge in [-0.05, 0) is 43.9 Å². The monoisotopic (exact) mass is 387 g/mol. The number of benzene rings is 1. The van der Waals surface area contributed by atoms with E-state index in [2.05, 4.69) is 5.32 Å². The van der Waals surface area contributed by atoms with Crippen LogP contribution in [0.2, 0.25) is 0 Å². The summed E-state index contributed by atoms with van der Waals surface area (Å²) in [5, 5.41) is 2.89. The van der Waals surface area contributed by atoms with E-state index in [1.807, 2.05) is 57.7 Å². The summed E-state index contributed by atoms with van der Waals surface area (Å²) in [5.41, 5.74) is 2.51. The summed E-state index contributed by atoms with van der Waals surface area (Å²) in [4.78, 5) is 40.8. The second kappa shape index (κ2) is 8.76. The van der Waals surface area contributed by atoms with Gasteiger partial charge in [-0.2, -0.15) is 0 Å². The van der Waals surface area contributed by atoms with Crippen LogP contribution in [0.3, 0.4) is 0 Å². The average Bonchev–Trinajstić information content (AvgIpc) is 2.63. The summed E-state index contributed by atoms with van der Waals surface area (Å²) in [5.74, 6) is -0.244. The molecule has 0 aromatic heterocycles. The Bertz CT molecular complexity index is 744. The number of piperidine rings is 1. The second-order valence-corrected chi connectivity index (χ2v) is 8.81. The van der Waals surface area contributed by atoms with Crippen LogP contribution < -0.4 is 5.32 Å². The highest BCUT2D eigenvalue weighted by molar-refractivity contribution is 5.95. The first kappa shape index (κ1) is 21.9. The maximum Gasteiger partial charge on any atom is 0.243 e. The van der Waals surface area contributed by atoms with Crippen molar-refractivity contribution in [3.05, 3.63) is 29.3 Å². The van der Waals surface area contributed by atoms with Crippen molar-refractivity contribution in [2.75, 3.05) is 32.0 Å². The van der Waals surface area contributed by atoms with Gasteiger partial charge in [-0.3, -0.25) is 14.4 Å². The van der Waals surface area contributed by atoms with E-state index in [0.717, 1.165) is 16.8 Å². The van der Waals surface area contributed by atoms with Crippen LogP contribution in [-0.2, 0) is 14.4 Å². The predicted molar refractivity (Wildman–Crippen MR) is 111 cm³/mol. The van der Waals surface area contributed by atoms with Crippen molar-refractivity contribution in [2.24, 2.45) is 11.3 Å². The lowest BCUT2D eigenvalue weighted by Gasteiger charge is -2.36. The maximum absolute atomic E-state index is 12.7. The van der Waals surface area contributed by atoms with Gasteiger partial charge in [0, 0.05) is 37.2 Å². The number of carbonyl (C=O) groups is 3. The number of hydrogen-bond acceptors (Lipinski definition) is 3. The molecule has 28 heavy (non-hydrogen) atoms. The molecule has 1 aliphatic rings. The smallest absolute Gasteiger partial charge is 0.243 e. The lowest BCUT2D eigenvalue weighted by atomic mass is 9.90. The molecule has 0 atom stereocenters. The molecule has 6 heteroatoms. The second-order valence-electron chi connectivity index (χ2n) is 8.81. The predicted octanol–water partition coefficient (Wildman–Crippen LogP) is 2.99. The fraction of sp³-hybridized carbons (Fsp3) is 0.591. The van der Waals surface area contributed by atoms with E-state index in [0.29, 0.717) is 25.9 Å². The summed E-state index contributed by atoms with van der Waals surface area (Å²) in [6, 6.07) is 5.76. The summed E-state index contributed by atoms with van der Waals surface area (Å²) in [6.07, 6.45) is 1.28. The number of amides is 3. The van der Waals surface area contributed by atoms with E-state index in [1.54, 1.807) is 7.05 Å². The Labute approximate surface area is 168 Å². The van der Waals surface area contributed by atoms with Crippen LogP contribution in [0.25, 0.3) is 0 Å². The lowest BCUT2D eigenvalue weighted by molar-refractivity contribution is -0.144. The Morgan fingerprint density at radius 2 is 1.75 bits per heavy atom. The summed E-state index contributed by atoms with van der Waals surface area (Å²) >= 11 is 0. The SMILES string of the molecule is Cc1cccc(NC(=O)CN(C)C(=O)C2CCN(C(=O)C(C)(C)C)CC2)c1C. The minimum absolute atomic E-state index is 0.0212. The molecule has 0 bridgehead atoms. The van der Waals surface area contributed by atoms with E-state index in [-0.39, 0.29) is 30.2 Å². The van der Waals surface area contributed by atoms with Gasteiger partial charge < -0.3 is 15.1 Å². The minimum atomic E-state index is -0.403. The fourth-order valence-electron chi connectivity index (χ4n) is 3.49. The van der Waals surface area contributed by atoms with Crippen molar-refractivity contribution in [2.45, 2.75) is 47.5 Å². The molecule has 1 aromatic rings. The average molecular weight is 388 g/mol. The number of aryl methyl sites for hydroxylation is 1. The van der Waals surface area contributed by atoms with Gasteiger partial charge in [0.2, 0.25) is 17.7 Å². The van der Waals surface area contributed by atoms with E-state index in [9.17, 15) is 14.4 Å². The molecule has 154 valence electrons. The van der Waals surface area contributed by atoms with Crippen LogP contribution in [0.5, 0.6) is 0 Å². The first-order chi connectivity index (χ1) is 13.0. The molecule has 0 spiro atoms. The number of rotatable bonds is 4. The first-order valence-electron chi connectivity index (χ1n) is 9.91. The number of carbonyl (C=O) groups excluding carboxylic acids is 3. The van der Waals surface area contributed by atoms with Crippen LogP contribution in [0.1, 0.15) is 44.7 Å². The molecule has 1 heterocycles. The van der Waals surface area contributed by atoms with E-state index >= 15 is 0 Å². The van der Waals surface area contributed by atoms with Gasteiger partial charge in [0.05, 0.1) is 6.54 Å². The summed E-state index contributed by atoms with van der Waals surface area (Å²) in [7, 11) is 1.66. The number of likely N-dealkylation sites (N-methyl/N-ethyl adjacent to an activating group) is 1. The van der Waals surface area contributed by atoms with Gasteiger partial charge in [-0.15, -0.1) is 0 Å². The van der Waals surface area contributed by atoms with Gasteiger partial charge in [0.15, 0.2) is 0 Å². The van der Waals surface area contributed by atoms with Crippen molar-refractivity contribution in [1.29, 1.82) is 0 Å². The number of nitrogens with one attached hydrogen (secondary N) is 1. The van der Waals surface area contributed by atoms with Crippen molar-refractivity contribution in [1.82, 2.24) is 9.80 Å². The third-order valence-corrected chi connectivity index (χ3v) is 5.41. The highest BCUT2D eigenvalue weighted by Gasteiger charge is 2.33. The van der Waals surface area contributed by atoms with Gasteiger partial charge in [0.25, 0.3) is 0 Å². The van der Waals surface area contributed by atoms with Crippen LogP contribution in [-0.4, -0.2) is 54.2 Å². The molecule has 0 unspecified atom stereocenters. The van der Waals surface area contributed by atoms with Gasteiger partial charge in [0.1, 0.15) is 0 Å². The first-order valence-corrected chi connectivity index (χ1v) is 9.91. The number of anilines is 1. The third-order valence-electron chi connectivity index (χ3n) is 5.41. The molecule has 0 saturated carbocycles. The third kappa shape index (κ3) is 5.33. The lowest BCUT2D eigenvalue weighted by Crippen LogP contribution is -2.47. The molecular weight excluding hydrogens is 354 g/mol. The van der Waals surface area contributed by atoms with Crippen LogP contribution in [0, 0.1) is 25.2 Å². The summed E-state index contributed by atoms with van der Waals surface area (Å²) < 4.78 is 0. The zero-order chi connectivity index (χ0) is 21.1. The normalized spacial score (nSPS) is 15.3. The molecule has 0 radical (unpaired) electrons. The van der Waals surface area contributed by atoms with E-state index in [1.165, 1.54) is 4.90 Å².